The summed E-state index contributed by atoms with van der Waals surface area (Å²) in [5.74, 6) is 1.31. The Labute approximate surface area is 107 Å². The number of carbonyl (C=O) groups is 1. The van der Waals surface area contributed by atoms with Crippen LogP contribution in [0, 0.1) is 0 Å². The van der Waals surface area contributed by atoms with Crippen LogP contribution < -0.4 is 14.8 Å². The minimum absolute atomic E-state index is 0.150. The van der Waals surface area contributed by atoms with E-state index in [0.717, 1.165) is 0 Å². The Morgan fingerprint density at radius 2 is 1.88 bits per heavy atom. The van der Waals surface area contributed by atoms with Crippen LogP contribution in [0.1, 0.15) is 13.8 Å². The quantitative estimate of drug-likeness (QED) is 0.767. The molecule has 1 aromatic carbocycles. The number of nitrogens with one attached hydrogen (secondary N) is 1. The van der Waals surface area contributed by atoms with Crippen LogP contribution in [0.15, 0.2) is 18.2 Å². The molecule has 0 heterocycles. The Bertz CT molecular complexity index is 382. The van der Waals surface area contributed by atoms with Crippen molar-refractivity contribution < 1.29 is 14.3 Å². The van der Waals surface area contributed by atoms with E-state index in [-0.39, 0.29) is 11.7 Å². The molecule has 1 N–H and O–H groups in total. The van der Waals surface area contributed by atoms with Gasteiger partial charge in [-0.15, -0.1) is 0 Å². The molecule has 94 valence electrons. The summed E-state index contributed by atoms with van der Waals surface area (Å²) >= 11 is 3.90. The summed E-state index contributed by atoms with van der Waals surface area (Å²) in [6.45, 7) is 4.92. The van der Waals surface area contributed by atoms with Crippen molar-refractivity contribution >= 4 is 24.2 Å². The maximum Gasteiger partial charge on any atom is 0.234 e. The maximum atomic E-state index is 11.2. The molecular weight excluding hydrogens is 238 g/mol. The molecular formula is C12H17NO3S. The molecule has 0 aromatic heterocycles. The van der Waals surface area contributed by atoms with Crippen molar-refractivity contribution in [1.29, 1.82) is 0 Å². The Hall–Kier alpha value is -1.36. The molecule has 1 rings (SSSR count). The highest BCUT2D eigenvalue weighted by Gasteiger charge is 2.07. The van der Waals surface area contributed by atoms with Gasteiger partial charge in [0.1, 0.15) is 0 Å². The third-order valence-corrected chi connectivity index (χ3v) is 2.26. The zero-order chi connectivity index (χ0) is 12.7. The van der Waals surface area contributed by atoms with Crippen LogP contribution in [0.5, 0.6) is 11.5 Å². The lowest BCUT2D eigenvalue weighted by atomic mass is 10.2. The number of rotatable bonds is 6. The molecule has 5 heteroatoms. The Morgan fingerprint density at radius 3 is 2.47 bits per heavy atom. The van der Waals surface area contributed by atoms with E-state index in [4.69, 9.17) is 9.47 Å². The van der Waals surface area contributed by atoms with Crippen molar-refractivity contribution in [3.8, 4) is 11.5 Å². The van der Waals surface area contributed by atoms with Crippen LogP contribution in [0.2, 0.25) is 0 Å². The van der Waals surface area contributed by atoms with Crippen molar-refractivity contribution in [2.75, 3.05) is 24.3 Å². The summed E-state index contributed by atoms with van der Waals surface area (Å²) < 4.78 is 10.9. The maximum absolute atomic E-state index is 11.2. The summed E-state index contributed by atoms with van der Waals surface area (Å²) in [5, 5.41) is 2.71. The van der Waals surface area contributed by atoms with Gasteiger partial charge in [-0.2, -0.15) is 12.6 Å². The lowest BCUT2D eigenvalue weighted by molar-refractivity contribution is -0.113. The first-order chi connectivity index (χ1) is 8.21. The minimum Gasteiger partial charge on any atom is -0.490 e. The standard InChI is InChI=1S/C12H17NO3S/c1-3-15-10-6-5-9(13-12(14)8-17)7-11(10)16-4-2/h5-7,17H,3-4,8H2,1-2H3,(H,13,14). The van der Waals surface area contributed by atoms with E-state index < -0.39 is 0 Å². The lowest BCUT2D eigenvalue weighted by Gasteiger charge is -2.12. The van der Waals surface area contributed by atoms with E-state index in [1.807, 2.05) is 13.8 Å². The van der Waals surface area contributed by atoms with Crippen molar-refractivity contribution in [2.45, 2.75) is 13.8 Å². The summed E-state index contributed by atoms with van der Waals surface area (Å²) in [7, 11) is 0. The number of carbonyl (C=O) groups excluding carboxylic acids is 1. The molecule has 0 spiro atoms. The zero-order valence-corrected chi connectivity index (χ0v) is 10.9. The van der Waals surface area contributed by atoms with Gasteiger partial charge in [0.2, 0.25) is 5.91 Å². The normalized spacial score (nSPS) is 9.82. The van der Waals surface area contributed by atoms with Crippen LogP contribution in [0.25, 0.3) is 0 Å². The predicted molar refractivity (Wildman–Crippen MR) is 71.3 cm³/mol. The molecule has 0 saturated heterocycles. The van der Waals surface area contributed by atoms with E-state index in [0.29, 0.717) is 30.4 Å². The molecule has 17 heavy (non-hydrogen) atoms. The molecule has 4 nitrogen and oxygen atoms in total. The fraction of sp³-hybridized carbons (Fsp3) is 0.417. The fourth-order valence-electron chi connectivity index (χ4n) is 1.33. The fourth-order valence-corrected chi connectivity index (χ4v) is 1.41. The van der Waals surface area contributed by atoms with E-state index in [2.05, 4.69) is 17.9 Å². The third kappa shape index (κ3) is 4.19. The molecule has 0 fully saturated rings. The molecule has 1 aromatic rings. The van der Waals surface area contributed by atoms with E-state index in [9.17, 15) is 4.79 Å². The first-order valence-electron chi connectivity index (χ1n) is 5.51. The number of anilines is 1. The van der Waals surface area contributed by atoms with Crippen molar-refractivity contribution in [3.05, 3.63) is 18.2 Å². The summed E-state index contributed by atoms with van der Waals surface area (Å²) in [6.07, 6.45) is 0. The monoisotopic (exact) mass is 255 g/mol. The van der Waals surface area contributed by atoms with Gasteiger partial charge in [0.25, 0.3) is 0 Å². The Morgan fingerprint density at radius 1 is 1.24 bits per heavy atom. The molecule has 0 bridgehead atoms. The number of benzene rings is 1. The molecule has 0 radical (unpaired) electrons. The van der Waals surface area contributed by atoms with E-state index in [1.165, 1.54) is 0 Å². The minimum atomic E-state index is -0.153. The smallest absolute Gasteiger partial charge is 0.234 e. The number of ether oxygens (including phenoxy) is 2. The average molecular weight is 255 g/mol. The van der Waals surface area contributed by atoms with E-state index >= 15 is 0 Å². The first-order valence-corrected chi connectivity index (χ1v) is 6.14. The Balaban J connectivity index is 2.88. The number of hydrogen-bond donors (Lipinski definition) is 2. The van der Waals surface area contributed by atoms with Crippen LogP contribution in [0.3, 0.4) is 0 Å². The summed E-state index contributed by atoms with van der Waals surface area (Å²) in [5.41, 5.74) is 0.677. The van der Waals surface area contributed by atoms with E-state index in [1.54, 1.807) is 18.2 Å². The second kappa shape index (κ2) is 7.06. The van der Waals surface area contributed by atoms with Crippen LogP contribution in [-0.4, -0.2) is 24.9 Å². The zero-order valence-electron chi connectivity index (χ0n) is 10.0. The molecule has 1 amide bonds. The second-order valence-electron chi connectivity index (χ2n) is 3.23. The van der Waals surface area contributed by atoms with Crippen LogP contribution in [-0.2, 0) is 4.79 Å². The third-order valence-electron chi connectivity index (χ3n) is 1.97. The highest BCUT2D eigenvalue weighted by atomic mass is 32.1. The van der Waals surface area contributed by atoms with Crippen molar-refractivity contribution in [3.63, 3.8) is 0 Å². The molecule has 0 aliphatic carbocycles. The van der Waals surface area contributed by atoms with Gasteiger partial charge in [-0.05, 0) is 26.0 Å². The molecule has 0 unspecified atom stereocenters. The van der Waals surface area contributed by atoms with Gasteiger partial charge in [-0.25, -0.2) is 0 Å². The summed E-state index contributed by atoms with van der Waals surface area (Å²) in [6, 6.07) is 5.30. The van der Waals surface area contributed by atoms with Gasteiger partial charge in [0.05, 0.1) is 19.0 Å². The molecule has 0 aliphatic rings. The van der Waals surface area contributed by atoms with Crippen molar-refractivity contribution in [2.24, 2.45) is 0 Å². The number of hydrogen-bond acceptors (Lipinski definition) is 4. The van der Waals surface area contributed by atoms with Gasteiger partial charge in [0.15, 0.2) is 11.5 Å². The second-order valence-corrected chi connectivity index (χ2v) is 3.55. The van der Waals surface area contributed by atoms with Crippen LogP contribution in [0.4, 0.5) is 5.69 Å². The number of amides is 1. The van der Waals surface area contributed by atoms with Gasteiger partial charge >= 0.3 is 0 Å². The van der Waals surface area contributed by atoms with Crippen molar-refractivity contribution in [1.82, 2.24) is 0 Å². The lowest BCUT2D eigenvalue weighted by Crippen LogP contribution is -2.12. The van der Waals surface area contributed by atoms with Gasteiger partial charge in [0, 0.05) is 11.8 Å². The largest absolute Gasteiger partial charge is 0.490 e. The average Bonchev–Trinajstić information content (AvgIpc) is 2.33. The Kier molecular flexibility index (Phi) is 5.69. The van der Waals surface area contributed by atoms with Gasteiger partial charge in [-0.1, -0.05) is 0 Å². The molecule has 0 atom stereocenters. The SMILES string of the molecule is CCOc1ccc(NC(=O)CS)cc1OCC. The highest BCUT2D eigenvalue weighted by molar-refractivity contribution is 7.81. The van der Waals surface area contributed by atoms with Gasteiger partial charge < -0.3 is 14.8 Å². The highest BCUT2D eigenvalue weighted by Crippen LogP contribution is 2.30. The molecule has 0 saturated carbocycles. The topological polar surface area (TPSA) is 47.6 Å². The van der Waals surface area contributed by atoms with Gasteiger partial charge in [-0.3, -0.25) is 4.79 Å². The van der Waals surface area contributed by atoms with Crippen LogP contribution >= 0.6 is 12.6 Å². The summed E-state index contributed by atoms with van der Waals surface area (Å²) in [4.78, 5) is 11.2. The predicted octanol–water partition coefficient (Wildman–Crippen LogP) is 2.35. The first kappa shape index (κ1) is 13.7. The number of thiol groups is 1. The molecule has 0 aliphatic heterocycles.